The Morgan fingerprint density at radius 1 is 1.11 bits per heavy atom. The molecule has 0 saturated heterocycles. The van der Waals surface area contributed by atoms with Gasteiger partial charge in [0.15, 0.2) is 5.82 Å². The minimum Gasteiger partial charge on any atom is -0.327 e. The molecule has 0 amide bonds. The van der Waals surface area contributed by atoms with Gasteiger partial charge < -0.3 is 4.57 Å². The summed E-state index contributed by atoms with van der Waals surface area (Å²) in [5.74, 6) is 4.05. The van der Waals surface area contributed by atoms with E-state index in [9.17, 15) is 0 Å². The van der Waals surface area contributed by atoms with Gasteiger partial charge in [0, 0.05) is 18.8 Å². The molecule has 0 aliphatic rings. The maximum Gasteiger partial charge on any atom is 0.185 e. The third-order valence-electron chi connectivity index (χ3n) is 2.50. The highest BCUT2D eigenvalue weighted by Gasteiger charge is 2.09. The summed E-state index contributed by atoms with van der Waals surface area (Å²) in [4.78, 5) is 4.59. The highest BCUT2D eigenvalue weighted by molar-refractivity contribution is 6.83. The van der Waals surface area contributed by atoms with Crippen LogP contribution < -0.4 is 0 Å². The van der Waals surface area contributed by atoms with Gasteiger partial charge in [0.1, 0.15) is 8.07 Å². The number of benzene rings is 1. The van der Waals surface area contributed by atoms with Crippen LogP contribution in [0.2, 0.25) is 19.6 Å². The van der Waals surface area contributed by atoms with E-state index in [1.807, 2.05) is 36.0 Å². The van der Waals surface area contributed by atoms with Gasteiger partial charge in [-0.25, -0.2) is 4.98 Å². The lowest BCUT2D eigenvalue weighted by molar-refractivity contribution is 0.894. The fourth-order valence-corrected chi connectivity index (χ4v) is 2.06. The smallest absolute Gasteiger partial charge is 0.185 e. The number of hydrogen-bond acceptors (Lipinski definition) is 1. The van der Waals surface area contributed by atoms with Gasteiger partial charge >= 0.3 is 0 Å². The summed E-state index contributed by atoms with van der Waals surface area (Å²) in [5.41, 5.74) is 5.47. The zero-order chi connectivity index (χ0) is 13.2. The molecule has 1 aromatic heterocycles. The summed E-state index contributed by atoms with van der Waals surface area (Å²) in [6, 6.07) is 10.2. The predicted octanol–water partition coefficient (Wildman–Crippen LogP) is 3.32. The van der Waals surface area contributed by atoms with Crippen LogP contribution in [0.25, 0.3) is 11.3 Å². The van der Waals surface area contributed by atoms with Crippen LogP contribution in [0.4, 0.5) is 0 Å². The highest BCUT2D eigenvalue weighted by Crippen LogP contribution is 2.17. The monoisotopic (exact) mass is 254 g/mol. The second kappa shape index (κ2) is 4.83. The Kier molecular flexibility index (Phi) is 3.40. The lowest BCUT2D eigenvalue weighted by Crippen LogP contribution is -2.16. The van der Waals surface area contributed by atoms with Crippen LogP contribution in [0.5, 0.6) is 0 Å². The third-order valence-corrected chi connectivity index (χ3v) is 3.37. The van der Waals surface area contributed by atoms with Crippen molar-refractivity contribution in [2.75, 3.05) is 0 Å². The summed E-state index contributed by atoms with van der Waals surface area (Å²) in [6.45, 7) is 6.71. The molecule has 3 heteroatoms. The van der Waals surface area contributed by atoms with Crippen molar-refractivity contribution in [2.24, 2.45) is 7.05 Å². The minimum atomic E-state index is -1.35. The fraction of sp³-hybridized carbons (Fsp3) is 0.267. The van der Waals surface area contributed by atoms with Gasteiger partial charge in [-0.3, -0.25) is 0 Å². The predicted molar refractivity (Wildman–Crippen MR) is 78.9 cm³/mol. The van der Waals surface area contributed by atoms with Gasteiger partial charge in [-0.1, -0.05) is 50.0 Å². The molecule has 2 nitrogen and oxygen atoms in total. The van der Waals surface area contributed by atoms with Crippen LogP contribution in [0.1, 0.15) is 5.82 Å². The Bertz CT molecular complexity index is 595. The molecule has 18 heavy (non-hydrogen) atoms. The number of imidazole rings is 1. The number of rotatable bonds is 1. The lowest BCUT2D eigenvalue weighted by Gasteiger charge is -2.02. The van der Waals surface area contributed by atoms with Crippen LogP contribution in [-0.2, 0) is 7.05 Å². The summed E-state index contributed by atoms with van der Waals surface area (Å²) in [7, 11) is 0.646. The molecule has 0 spiro atoms. The van der Waals surface area contributed by atoms with Gasteiger partial charge in [-0.2, -0.15) is 0 Å². The summed E-state index contributed by atoms with van der Waals surface area (Å²) in [5, 5.41) is 0. The molecule has 0 radical (unpaired) electrons. The molecule has 0 N–H and O–H groups in total. The maximum atomic E-state index is 4.59. The first-order valence-corrected chi connectivity index (χ1v) is 9.58. The first kappa shape index (κ1) is 12.7. The van der Waals surface area contributed by atoms with Crippen LogP contribution in [-0.4, -0.2) is 17.6 Å². The van der Waals surface area contributed by atoms with Gasteiger partial charge in [-0.05, 0) is 5.92 Å². The van der Waals surface area contributed by atoms with Crippen molar-refractivity contribution >= 4 is 8.07 Å². The van der Waals surface area contributed by atoms with Crippen LogP contribution in [0.15, 0.2) is 36.5 Å². The van der Waals surface area contributed by atoms with Crippen molar-refractivity contribution in [1.29, 1.82) is 0 Å². The Labute approximate surface area is 110 Å². The topological polar surface area (TPSA) is 17.8 Å². The van der Waals surface area contributed by atoms with E-state index in [1.54, 1.807) is 0 Å². The van der Waals surface area contributed by atoms with Crippen LogP contribution in [0, 0.1) is 11.5 Å². The average molecular weight is 254 g/mol. The molecule has 0 aliphatic heterocycles. The molecule has 0 saturated carbocycles. The van der Waals surface area contributed by atoms with E-state index in [-0.39, 0.29) is 0 Å². The zero-order valence-corrected chi connectivity index (χ0v) is 12.4. The molecule has 0 aliphatic carbocycles. The average Bonchev–Trinajstić information content (AvgIpc) is 2.68. The second-order valence-corrected chi connectivity index (χ2v) is 10.2. The highest BCUT2D eigenvalue weighted by atomic mass is 28.3. The molecule has 92 valence electrons. The first-order chi connectivity index (χ1) is 8.46. The molecule has 2 rings (SSSR count). The molecule has 0 fully saturated rings. The summed E-state index contributed by atoms with van der Waals surface area (Å²) < 4.78 is 2.00. The van der Waals surface area contributed by atoms with Crippen molar-refractivity contribution < 1.29 is 0 Å². The molecule has 2 aromatic rings. The number of aromatic nitrogens is 2. The van der Waals surface area contributed by atoms with Crippen molar-refractivity contribution in [2.45, 2.75) is 19.6 Å². The van der Waals surface area contributed by atoms with Crippen molar-refractivity contribution in [1.82, 2.24) is 9.55 Å². The Morgan fingerprint density at radius 3 is 2.39 bits per heavy atom. The maximum absolute atomic E-state index is 4.59. The molecular formula is C15H18N2Si. The fourth-order valence-electron chi connectivity index (χ4n) is 1.57. The Hall–Kier alpha value is -1.79. The van der Waals surface area contributed by atoms with Gasteiger partial charge in [-0.15, -0.1) is 5.54 Å². The SMILES string of the molecule is Cn1cc(-c2ccccc2)nc1C#C[Si](C)(C)C. The number of nitrogens with zero attached hydrogens (tertiary/aromatic N) is 2. The number of aryl methyl sites for hydroxylation is 1. The van der Waals surface area contributed by atoms with Gasteiger partial charge in [0.05, 0.1) is 5.69 Å². The molecule has 1 aromatic carbocycles. The zero-order valence-electron chi connectivity index (χ0n) is 11.4. The standard InChI is InChI=1S/C15H18N2Si/c1-17-12-14(13-8-6-5-7-9-13)16-15(17)10-11-18(2,3)4/h5-9,12H,1-4H3. The molecule has 0 unspecified atom stereocenters. The summed E-state index contributed by atoms with van der Waals surface area (Å²) in [6.07, 6.45) is 2.03. The Balaban J connectivity index is 2.36. The van der Waals surface area contributed by atoms with E-state index in [0.29, 0.717) is 0 Å². The van der Waals surface area contributed by atoms with Crippen LogP contribution in [0.3, 0.4) is 0 Å². The minimum absolute atomic E-state index is 0.844. The molecule has 1 heterocycles. The van der Waals surface area contributed by atoms with Gasteiger partial charge in [0.2, 0.25) is 0 Å². The summed E-state index contributed by atoms with van der Waals surface area (Å²) >= 11 is 0. The van der Waals surface area contributed by atoms with E-state index >= 15 is 0 Å². The van der Waals surface area contributed by atoms with Crippen molar-refractivity contribution in [3.8, 4) is 22.7 Å². The van der Waals surface area contributed by atoms with Crippen LogP contribution >= 0.6 is 0 Å². The van der Waals surface area contributed by atoms with E-state index in [2.05, 4.69) is 48.2 Å². The quantitative estimate of drug-likeness (QED) is 0.564. The third kappa shape index (κ3) is 3.11. The Morgan fingerprint density at radius 2 is 1.78 bits per heavy atom. The van der Waals surface area contributed by atoms with E-state index in [0.717, 1.165) is 17.1 Å². The number of hydrogen-bond donors (Lipinski definition) is 0. The van der Waals surface area contributed by atoms with Crippen molar-refractivity contribution in [3.05, 3.63) is 42.4 Å². The van der Waals surface area contributed by atoms with E-state index in [1.165, 1.54) is 0 Å². The first-order valence-electron chi connectivity index (χ1n) is 6.08. The van der Waals surface area contributed by atoms with Gasteiger partial charge in [0.25, 0.3) is 0 Å². The van der Waals surface area contributed by atoms with E-state index < -0.39 is 8.07 Å². The molecule has 0 atom stereocenters. The molecule has 0 bridgehead atoms. The second-order valence-electron chi connectivity index (χ2n) is 5.43. The lowest BCUT2D eigenvalue weighted by atomic mass is 10.2. The normalized spacial score (nSPS) is 10.9. The van der Waals surface area contributed by atoms with Crippen molar-refractivity contribution in [3.63, 3.8) is 0 Å². The van der Waals surface area contributed by atoms with E-state index in [4.69, 9.17) is 0 Å². The largest absolute Gasteiger partial charge is 0.327 e. The molecular weight excluding hydrogens is 236 g/mol.